The number of para-hydroxylation sites is 4. The Kier molecular flexibility index (Phi) is 5.31. The first-order valence-corrected chi connectivity index (χ1v) is 15.9. The van der Waals surface area contributed by atoms with E-state index in [1.165, 1.54) is 87.7 Å². The number of fused-ring (bicyclic) bond motifs is 9. The van der Waals surface area contributed by atoms with E-state index < -0.39 is 0 Å². The second-order valence-corrected chi connectivity index (χ2v) is 12.1. The molecule has 0 radical (unpaired) electrons. The van der Waals surface area contributed by atoms with E-state index >= 15 is 0 Å². The summed E-state index contributed by atoms with van der Waals surface area (Å²) in [7, 11) is 0. The first kappa shape index (κ1) is 25.2. The third-order valence-corrected chi connectivity index (χ3v) is 9.68. The van der Waals surface area contributed by atoms with Gasteiger partial charge in [-0.15, -0.1) is 0 Å². The van der Waals surface area contributed by atoms with Crippen molar-refractivity contribution >= 4 is 65.2 Å². The highest BCUT2D eigenvalue weighted by atomic mass is 15.0. The molecular weight excluding hydrogens is 556 g/mol. The predicted octanol–water partition coefficient (Wildman–Crippen LogP) is 11.9. The molecule has 214 valence electrons. The Hall–Kier alpha value is -6.12. The highest BCUT2D eigenvalue weighted by Gasteiger charge is 2.19. The van der Waals surface area contributed by atoms with Gasteiger partial charge >= 0.3 is 0 Å². The zero-order valence-electron chi connectivity index (χ0n) is 25.1. The van der Waals surface area contributed by atoms with Gasteiger partial charge in [0.05, 0.1) is 27.8 Å². The van der Waals surface area contributed by atoms with Crippen LogP contribution in [-0.2, 0) is 0 Å². The molecule has 10 rings (SSSR count). The fraction of sp³-hybridized carbons (Fsp3) is 0. The molecule has 0 aliphatic heterocycles. The minimum absolute atomic E-state index is 1.17. The van der Waals surface area contributed by atoms with Crippen LogP contribution in [0.1, 0.15) is 0 Å². The van der Waals surface area contributed by atoms with Crippen molar-refractivity contribution in [3.63, 3.8) is 0 Å². The highest BCUT2D eigenvalue weighted by molar-refractivity contribution is 6.17. The standard InChI is InChI=1S/C44H28N2/c1-2-14-31(15-3-1)45-40-23-10-9-20-37(40)39-22-12-21-33(44(39)45)30-25-26-38-36-19-8-11-24-41(36)46(43(38)28-30)42-27-29-13-4-5-16-32(29)34-17-6-7-18-35(34)42/h1-28H. The molecule has 8 aromatic carbocycles. The Balaban J connectivity index is 1.32. The van der Waals surface area contributed by atoms with Crippen molar-refractivity contribution in [2.45, 2.75) is 0 Å². The number of hydrogen-bond donors (Lipinski definition) is 0. The van der Waals surface area contributed by atoms with Gasteiger partial charge in [-0.25, -0.2) is 0 Å². The van der Waals surface area contributed by atoms with Crippen LogP contribution >= 0.6 is 0 Å². The van der Waals surface area contributed by atoms with Crippen LogP contribution < -0.4 is 0 Å². The molecule has 0 saturated heterocycles. The van der Waals surface area contributed by atoms with Gasteiger partial charge in [-0.05, 0) is 58.1 Å². The van der Waals surface area contributed by atoms with Crippen LogP contribution in [0.3, 0.4) is 0 Å². The van der Waals surface area contributed by atoms with Crippen LogP contribution in [0, 0.1) is 0 Å². The monoisotopic (exact) mass is 584 g/mol. The lowest BCUT2D eigenvalue weighted by Crippen LogP contribution is -1.97. The molecule has 0 atom stereocenters. The van der Waals surface area contributed by atoms with E-state index in [0.717, 1.165) is 0 Å². The summed E-state index contributed by atoms with van der Waals surface area (Å²) in [5, 5.41) is 10.1. The second kappa shape index (κ2) is 9.69. The van der Waals surface area contributed by atoms with E-state index in [9.17, 15) is 0 Å². The van der Waals surface area contributed by atoms with E-state index in [1.807, 2.05) is 0 Å². The maximum Gasteiger partial charge on any atom is 0.0619 e. The maximum absolute atomic E-state index is 2.48. The average molecular weight is 585 g/mol. The molecular formula is C44H28N2. The smallest absolute Gasteiger partial charge is 0.0619 e. The SMILES string of the molecule is c1ccc(-n2c3ccccc3c3cccc(-c4ccc5c6ccccc6n(-c6cc7ccccc7c7ccccc67)c5c4)c32)cc1. The first-order chi connectivity index (χ1) is 22.8. The molecule has 0 aliphatic carbocycles. The predicted molar refractivity (Wildman–Crippen MR) is 196 cm³/mol. The lowest BCUT2D eigenvalue weighted by atomic mass is 9.99. The van der Waals surface area contributed by atoms with Crippen molar-refractivity contribution in [1.82, 2.24) is 9.13 Å². The molecule has 0 N–H and O–H groups in total. The lowest BCUT2D eigenvalue weighted by molar-refractivity contribution is 1.18. The normalized spacial score (nSPS) is 11.9. The van der Waals surface area contributed by atoms with Gasteiger partial charge in [0.25, 0.3) is 0 Å². The van der Waals surface area contributed by atoms with Gasteiger partial charge in [0.15, 0.2) is 0 Å². The van der Waals surface area contributed by atoms with Crippen molar-refractivity contribution in [1.29, 1.82) is 0 Å². The number of hydrogen-bond acceptors (Lipinski definition) is 0. The Morgan fingerprint density at radius 1 is 0.326 bits per heavy atom. The fourth-order valence-electron chi connectivity index (χ4n) is 7.71. The summed E-state index contributed by atoms with van der Waals surface area (Å²) in [6.45, 7) is 0. The first-order valence-electron chi connectivity index (χ1n) is 15.9. The molecule has 46 heavy (non-hydrogen) atoms. The van der Waals surface area contributed by atoms with Crippen molar-refractivity contribution in [2.75, 3.05) is 0 Å². The summed E-state index contributed by atoms with van der Waals surface area (Å²) in [5.74, 6) is 0. The highest BCUT2D eigenvalue weighted by Crippen LogP contribution is 2.42. The summed E-state index contributed by atoms with van der Waals surface area (Å²) in [6.07, 6.45) is 0. The summed E-state index contributed by atoms with van der Waals surface area (Å²) >= 11 is 0. The van der Waals surface area contributed by atoms with E-state index in [0.29, 0.717) is 0 Å². The summed E-state index contributed by atoms with van der Waals surface area (Å²) in [5.41, 5.74) is 9.66. The molecule has 0 bridgehead atoms. The van der Waals surface area contributed by atoms with E-state index in [2.05, 4.69) is 179 Å². The van der Waals surface area contributed by atoms with Gasteiger partial charge in [-0.2, -0.15) is 0 Å². The molecule has 2 nitrogen and oxygen atoms in total. The van der Waals surface area contributed by atoms with Crippen LogP contribution in [0.5, 0.6) is 0 Å². The van der Waals surface area contributed by atoms with Gasteiger partial charge < -0.3 is 9.13 Å². The Bertz CT molecular complexity index is 2800. The van der Waals surface area contributed by atoms with E-state index in [4.69, 9.17) is 0 Å². The van der Waals surface area contributed by atoms with Crippen LogP contribution in [0.4, 0.5) is 0 Å². The van der Waals surface area contributed by atoms with Crippen LogP contribution in [-0.4, -0.2) is 9.13 Å². The second-order valence-electron chi connectivity index (χ2n) is 12.1. The molecule has 2 aromatic heterocycles. The topological polar surface area (TPSA) is 9.86 Å². The molecule has 0 amide bonds. The van der Waals surface area contributed by atoms with Gasteiger partial charge in [-0.1, -0.05) is 133 Å². The van der Waals surface area contributed by atoms with Gasteiger partial charge in [0, 0.05) is 38.2 Å². The summed E-state index contributed by atoms with van der Waals surface area (Å²) in [6, 6.07) is 62.0. The zero-order valence-corrected chi connectivity index (χ0v) is 25.1. The quantitative estimate of drug-likeness (QED) is 0.183. The van der Waals surface area contributed by atoms with Crippen LogP contribution in [0.15, 0.2) is 170 Å². The van der Waals surface area contributed by atoms with Crippen molar-refractivity contribution in [3.8, 4) is 22.5 Å². The largest absolute Gasteiger partial charge is 0.309 e. The van der Waals surface area contributed by atoms with E-state index in [-0.39, 0.29) is 0 Å². The lowest BCUT2D eigenvalue weighted by Gasteiger charge is -2.15. The number of rotatable bonds is 3. The average Bonchev–Trinajstić information content (AvgIpc) is 3.64. The van der Waals surface area contributed by atoms with E-state index in [1.54, 1.807) is 0 Å². The summed E-state index contributed by atoms with van der Waals surface area (Å²) < 4.78 is 4.91. The molecule has 0 spiro atoms. The van der Waals surface area contributed by atoms with Gasteiger partial charge in [0.2, 0.25) is 0 Å². The molecule has 10 aromatic rings. The molecule has 2 heteroatoms. The minimum atomic E-state index is 1.17. The Morgan fingerprint density at radius 3 is 1.72 bits per heavy atom. The molecule has 0 fully saturated rings. The Morgan fingerprint density at radius 2 is 0.913 bits per heavy atom. The number of nitrogens with zero attached hydrogens (tertiary/aromatic N) is 2. The van der Waals surface area contributed by atoms with Crippen LogP contribution in [0.25, 0.3) is 87.7 Å². The summed E-state index contributed by atoms with van der Waals surface area (Å²) in [4.78, 5) is 0. The number of benzene rings is 8. The van der Waals surface area contributed by atoms with Gasteiger partial charge in [-0.3, -0.25) is 0 Å². The number of aromatic nitrogens is 2. The molecule has 0 saturated carbocycles. The molecule has 0 aliphatic rings. The van der Waals surface area contributed by atoms with Gasteiger partial charge in [0.1, 0.15) is 0 Å². The van der Waals surface area contributed by atoms with Crippen molar-refractivity contribution in [2.24, 2.45) is 0 Å². The third kappa shape index (κ3) is 3.53. The fourth-order valence-corrected chi connectivity index (χ4v) is 7.71. The Labute approximate surface area is 266 Å². The van der Waals surface area contributed by atoms with Crippen LogP contribution in [0.2, 0.25) is 0 Å². The molecule has 0 unspecified atom stereocenters. The van der Waals surface area contributed by atoms with Crippen molar-refractivity contribution in [3.05, 3.63) is 170 Å². The molecule has 2 heterocycles. The third-order valence-electron chi connectivity index (χ3n) is 9.68. The maximum atomic E-state index is 2.48. The zero-order chi connectivity index (χ0) is 30.2. The van der Waals surface area contributed by atoms with Crippen molar-refractivity contribution < 1.29 is 0 Å². The minimum Gasteiger partial charge on any atom is -0.309 e.